The minimum absolute atomic E-state index is 0.0674. The van der Waals surface area contributed by atoms with E-state index < -0.39 is 16.0 Å². The topological polar surface area (TPSA) is 89.7 Å². The molecule has 3 aromatic rings. The molecule has 8 heteroatoms. The summed E-state index contributed by atoms with van der Waals surface area (Å²) in [4.78, 5) is 16.4. The first-order chi connectivity index (χ1) is 12.4. The monoisotopic (exact) mass is 374 g/mol. The Morgan fingerprint density at radius 3 is 2.69 bits per heavy atom. The van der Waals surface area contributed by atoms with E-state index in [1.807, 2.05) is 30.3 Å². The second kappa shape index (κ2) is 7.27. The molecule has 0 unspecified atom stereocenters. The molecule has 0 spiro atoms. The zero-order valence-corrected chi connectivity index (χ0v) is 15.2. The van der Waals surface area contributed by atoms with Gasteiger partial charge in [0.1, 0.15) is 12.4 Å². The number of hydrogen-bond acceptors (Lipinski definition) is 6. The van der Waals surface area contributed by atoms with Crippen LogP contribution in [0.3, 0.4) is 0 Å². The second-order valence-corrected chi connectivity index (χ2v) is 7.92. The van der Waals surface area contributed by atoms with E-state index >= 15 is 0 Å². The summed E-state index contributed by atoms with van der Waals surface area (Å²) in [7, 11) is -0.825. The highest BCUT2D eigenvalue weighted by molar-refractivity contribution is 7.88. The van der Waals surface area contributed by atoms with Gasteiger partial charge in [0.25, 0.3) is 10.0 Å². The van der Waals surface area contributed by atoms with Crippen molar-refractivity contribution in [2.24, 2.45) is 0 Å². The Morgan fingerprint density at radius 2 is 1.92 bits per heavy atom. The van der Waals surface area contributed by atoms with Gasteiger partial charge in [0.15, 0.2) is 0 Å². The first-order valence-corrected chi connectivity index (χ1v) is 9.31. The maximum Gasteiger partial charge on any atom is 0.310 e. The van der Waals surface area contributed by atoms with Gasteiger partial charge in [-0.1, -0.05) is 24.3 Å². The number of fused-ring (bicyclic) bond motifs is 1. The summed E-state index contributed by atoms with van der Waals surface area (Å²) in [5.41, 5.74) is 1.52. The number of para-hydroxylation sites is 1. The van der Waals surface area contributed by atoms with E-state index in [0.717, 1.165) is 20.8 Å². The maximum absolute atomic E-state index is 12.1. The maximum atomic E-state index is 12.1. The number of nitrogens with zero attached hydrogens (tertiary/aromatic N) is 2. The van der Waals surface area contributed by atoms with Crippen molar-refractivity contribution in [3.63, 3.8) is 0 Å². The normalized spacial score (nSPS) is 11.8. The highest BCUT2D eigenvalue weighted by Crippen LogP contribution is 2.19. The zero-order chi connectivity index (χ0) is 18.7. The summed E-state index contributed by atoms with van der Waals surface area (Å²) in [6.45, 7) is -0.139. The molecular weight excluding hydrogens is 356 g/mol. The number of ether oxygens (including phenoxy) is 1. The predicted molar refractivity (Wildman–Crippen MR) is 94.8 cm³/mol. The molecule has 0 saturated carbocycles. The Hall–Kier alpha value is -2.71. The van der Waals surface area contributed by atoms with Gasteiger partial charge in [0.2, 0.25) is 5.09 Å². The van der Waals surface area contributed by atoms with E-state index in [9.17, 15) is 13.2 Å². The SMILES string of the molecule is CN(C)S(=O)(=O)c1ccc(COC(=O)Cc2cccc3cccnc23)o1. The van der Waals surface area contributed by atoms with E-state index in [0.29, 0.717) is 0 Å². The van der Waals surface area contributed by atoms with Gasteiger partial charge in [0.05, 0.1) is 11.9 Å². The third-order valence-corrected chi connectivity index (χ3v) is 5.49. The molecule has 0 aliphatic heterocycles. The van der Waals surface area contributed by atoms with Gasteiger partial charge in [-0.3, -0.25) is 9.78 Å². The lowest BCUT2D eigenvalue weighted by Gasteiger charge is -2.08. The van der Waals surface area contributed by atoms with Crippen LogP contribution in [0.2, 0.25) is 0 Å². The van der Waals surface area contributed by atoms with Gasteiger partial charge < -0.3 is 9.15 Å². The number of rotatable bonds is 6. The fourth-order valence-electron chi connectivity index (χ4n) is 2.42. The van der Waals surface area contributed by atoms with Crippen molar-refractivity contribution in [3.8, 4) is 0 Å². The Balaban J connectivity index is 1.65. The summed E-state index contributed by atoms with van der Waals surface area (Å²) in [5, 5.41) is 0.758. The highest BCUT2D eigenvalue weighted by atomic mass is 32.2. The molecule has 2 heterocycles. The summed E-state index contributed by atoms with van der Waals surface area (Å²) in [6, 6.07) is 12.2. The first kappa shape index (κ1) is 18.1. The van der Waals surface area contributed by atoms with Crippen molar-refractivity contribution in [3.05, 3.63) is 60.0 Å². The number of hydrogen-bond donors (Lipinski definition) is 0. The number of pyridine rings is 1. The van der Waals surface area contributed by atoms with E-state index in [2.05, 4.69) is 4.98 Å². The Bertz CT molecular complexity index is 1040. The van der Waals surface area contributed by atoms with E-state index in [-0.39, 0.29) is 23.9 Å². The molecule has 0 aliphatic carbocycles. The highest BCUT2D eigenvalue weighted by Gasteiger charge is 2.21. The molecule has 26 heavy (non-hydrogen) atoms. The molecule has 0 N–H and O–H groups in total. The second-order valence-electron chi connectivity index (χ2n) is 5.84. The largest absolute Gasteiger partial charge is 0.457 e. The van der Waals surface area contributed by atoms with Crippen LogP contribution < -0.4 is 0 Å². The fourth-order valence-corrected chi connectivity index (χ4v) is 3.23. The van der Waals surface area contributed by atoms with Crippen LogP contribution in [0.1, 0.15) is 11.3 Å². The summed E-state index contributed by atoms with van der Waals surface area (Å²) in [6.07, 6.45) is 1.74. The van der Waals surface area contributed by atoms with Crippen molar-refractivity contribution >= 4 is 26.9 Å². The lowest BCUT2D eigenvalue weighted by Crippen LogP contribution is -2.21. The number of benzene rings is 1. The molecular formula is C18H18N2O5S. The van der Waals surface area contributed by atoms with Crippen molar-refractivity contribution in [1.29, 1.82) is 0 Å². The molecule has 0 bridgehead atoms. The van der Waals surface area contributed by atoms with Crippen LogP contribution >= 0.6 is 0 Å². The van der Waals surface area contributed by atoms with Crippen LogP contribution in [0.4, 0.5) is 0 Å². The molecule has 0 amide bonds. The average Bonchev–Trinajstić information content (AvgIpc) is 3.10. The molecule has 0 atom stereocenters. The number of sulfonamides is 1. The smallest absolute Gasteiger partial charge is 0.310 e. The molecule has 0 fully saturated rings. The Kier molecular flexibility index (Phi) is 5.06. The predicted octanol–water partition coefficient (Wildman–Crippen LogP) is 2.36. The molecule has 0 saturated heterocycles. The van der Waals surface area contributed by atoms with Gasteiger partial charge in [-0.25, -0.2) is 12.7 Å². The minimum Gasteiger partial charge on any atom is -0.457 e. The minimum atomic E-state index is -3.65. The van der Waals surface area contributed by atoms with Gasteiger partial charge in [0, 0.05) is 25.7 Å². The molecule has 3 rings (SSSR count). The van der Waals surface area contributed by atoms with Crippen LogP contribution in [-0.2, 0) is 32.6 Å². The van der Waals surface area contributed by atoms with E-state index in [1.165, 1.54) is 26.2 Å². The third-order valence-electron chi connectivity index (χ3n) is 3.80. The lowest BCUT2D eigenvalue weighted by molar-refractivity contribution is -0.144. The van der Waals surface area contributed by atoms with Gasteiger partial charge in [-0.05, 0) is 23.8 Å². The number of esters is 1. The van der Waals surface area contributed by atoms with Crippen LogP contribution in [-0.4, -0.2) is 37.8 Å². The number of carbonyl (C=O) groups excluding carboxylic acids is 1. The van der Waals surface area contributed by atoms with Gasteiger partial charge in [-0.15, -0.1) is 0 Å². The van der Waals surface area contributed by atoms with Crippen LogP contribution in [0.5, 0.6) is 0 Å². The molecule has 0 radical (unpaired) electrons. The van der Waals surface area contributed by atoms with Gasteiger partial charge in [-0.2, -0.15) is 0 Å². The number of aromatic nitrogens is 1. The fraction of sp³-hybridized carbons (Fsp3) is 0.222. The Morgan fingerprint density at radius 1 is 1.15 bits per heavy atom. The van der Waals surface area contributed by atoms with Crippen molar-refractivity contribution in [2.45, 2.75) is 18.1 Å². The molecule has 7 nitrogen and oxygen atoms in total. The van der Waals surface area contributed by atoms with Crippen molar-refractivity contribution in [1.82, 2.24) is 9.29 Å². The number of furan rings is 1. The quantitative estimate of drug-likeness (QED) is 0.615. The summed E-state index contributed by atoms with van der Waals surface area (Å²) >= 11 is 0. The Labute approximate surface area is 151 Å². The summed E-state index contributed by atoms with van der Waals surface area (Å²) in [5.74, 6) is -0.189. The molecule has 2 aromatic heterocycles. The molecule has 0 aliphatic rings. The molecule has 1 aromatic carbocycles. The van der Waals surface area contributed by atoms with Crippen molar-refractivity contribution < 1.29 is 22.4 Å². The van der Waals surface area contributed by atoms with E-state index in [4.69, 9.17) is 9.15 Å². The van der Waals surface area contributed by atoms with Crippen LogP contribution in [0.25, 0.3) is 10.9 Å². The van der Waals surface area contributed by atoms with Crippen LogP contribution in [0.15, 0.2) is 58.2 Å². The van der Waals surface area contributed by atoms with E-state index in [1.54, 1.807) is 6.20 Å². The third kappa shape index (κ3) is 3.76. The van der Waals surface area contributed by atoms with Crippen LogP contribution in [0, 0.1) is 0 Å². The average molecular weight is 374 g/mol. The van der Waals surface area contributed by atoms with Gasteiger partial charge >= 0.3 is 5.97 Å². The number of carbonyl (C=O) groups is 1. The lowest BCUT2D eigenvalue weighted by atomic mass is 10.1. The zero-order valence-electron chi connectivity index (χ0n) is 14.4. The summed E-state index contributed by atoms with van der Waals surface area (Å²) < 4.78 is 35.4. The standard InChI is InChI=1S/C18H18N2O5S/c1-20(2)26(22,23)17-9-8-15(25-17)12-24-16(21)11-14-6-3-5-13-7-4-10-19-18(13)14/h3-10H,11-12H2,1-2H3. The first-order valence-electron chi connectivity index (χ1n) is 7.87. The van der Waals surface area contributed by atoms with Crippen molar-refractivity contribution in [2.75, 3.05) is 14.1 Å². The molecule has 136 valence electrons.